The average molecular weight is 295 g/mol. The van der Waals surface area contributed by atoms with Crippen LogP contribution in [0.2, 0.25) is 5.02 Å². The topological polar surface area (TPSA) is 42.0 Å². The number of rotatable bonds is 4. The van der Waals surface area contributed by atoms with Crippen molar-refractivity contribution < 1.29 is 4.79 Å². The summed E-state index contributed by atoms with van der Waals surface area (Å²) in [5.41, 5.74) is 1.68. The average Bonchev–Trinajstić information content (AvgIpc) is 2.68. The molecule has 1 aromatic heterocycles. The van der Waals surface area contributed by atoms with E-state index in [0.29, 0.717) is 23.6 Å². The van der Waals surface area contributed by atoms with Gasteiger partial charge < -0.3 is 5.32 Å². The monoisotopic (exact) mass is 294 g/mol. The van der Waals surface area contributed by atoms with Crippen LogP contribution in [0.4, 0.5) is 5.69 Å². The molecule has 0 fully saturated rings. The number of nitrogens with one attached hydrogen (secondary N) is 1. The molecule has 2 rings (SSSR count). The zero-order chi connectivity index (χ0) is 13.8. The van der Waals surface area contributed by atoms with Crippen LogP contribution in [0, 0.1) is 13.8 Å². The minimum absolute atomic E-state index is 0.0291. The van der Waals surface area contributed by atoms with E-state index in [-0.39, 0.29) is 5.91 Å². The number of para-hydroxylation sites is 1. The SMILES string of the molecule is Cc1nc(C)c(CCC(=O)Nc2ccccc2Cl)s1. The zero-order valence-corrected chi connectivity index (χ0v) is 12.4. The highest BCUT2D eigenvalue weighted by molar-refractivity contribution is 7.11. The summed E-state index contributed by atoms with van der Waals surface area (Å²) < 4.78 is 0. The van der Waals surface area contributed by atoms with Gasteiger partial charge in [0.1, 0.15) is 0 Å². The first-order valence-corrected chi connectivity index (χ1v) is 7.23. The van der Waals surface area contributed by atoms with Gasteiger partial charge >= 0.3 is 0 Å². The van der Waals surface area contributed by atoms with Crippen LogP contribution in [0.1, 0.15) is 22.0 Å². The van der Waals surface area contributed by atoms with E-state index >= 15 is 0 Å². The molecule has 1 N–H and O–H groups in total. The van der Waals surface area contributed by atoms with Gasteiger partial charge in [0, 0.05) is 11.3 Å². The minimum atomic E-state index is -0.0291. The predicted molar refractivity (Wildman–Crippen MR) is 80.0 cm³/mol. The van der Waals surface area contributed by atoms with E-state index in [0.717, 1.165) is 10.7 Å². The molecular weight excluding hydrogens is 280 g/mol. The van der Waals surface area contributed by atoms with Gasteiger partial charge in [-0.2, -0.15) is 0 Å². The fourth-order valence-electron chi connectivity index (χ4n) is 1.81. The number of thiazole rings is 1. The van der Waals surface area contributed by atoms with E-state index in [2.05, 4.69) is 10.3 Å². The van der Waals surface area contributed by atoms with Gasteiger partial charge in [-0.15, -0.1) is 11.3 Å². The number of nitrogens with zero attached hydrogens (tertiary/aromatic N) is 1. The van der Waals surface area contributed by atoms with Gasteiger partial charge in [0.15, 0.2) is 0 Å². The molecule has 0 aliphatic rings. The number of hydrogen-bond acceptors (Lipinski definition) is 3. The Bertz CT molecular complexity index is 595. The maximum atomic E-state index is 11.9. The highest BCUT2D eigenvalue weighted by atomic mass is 35.5. The molecule has 0 spiro atoms. The normalized spacial score (nSPS) is 10.5. The molecule has 1 aromatic carbocycles. The number of anilines is 1. The largest absolute Gasteiger partial charge is 0.325 e. The molecule has 0 atom stereocenters. The Labute approximate surface area is 121 Å². The molecule has 5 heteroatoms. The summed E-state index contributed by atoms with van der Waals surface area (Å²) in [4.78, 5) is 17.4. The lowest BCUT2D eigenvalue weighted by molar-refractivity contribution is -0.116. The van der Waals surface area contributed by atoms with Crippen LogP contribution in [-0.2, 0) is 11.2 Å². The highest BCUT2D eigenvalue weighted by Gasteiger charge is 2.09. The molecule has 0 radical (unpaired) electrons. The van der Waals surface area contributed by atoms with Gasteiger partial charge in [0.25, 0.3) is 0 Å². The van der Waals surface area contributed by atoms with Crippen molar-refractivity contribution in [3.63, 3.8) is 0 Å². The summed E-state index contributed by atoms with van der Waals surface area (Å²) >= 11 is 7.64. The Morgan fingerprint density at radius 1 is 1.37 bits per heavy atom. The molecule has 19 heavy (non-hydrogen) atoms. The lowest BCUT2D eigenvalue weighted by Gasteiger charge is -2.06. The van der Waals surface area contributed by atoms with Gasteiger partial charge in [-0.3, -0.25) is 4.79 Å². The molecule has 0 aliphatic carbocycles. The number of benzene rings is 1. The summed E-state index contributed by atoms with van der Waals surface area (Å²) in [5, 5.41) is 4.42. The van der Waals surface area contributed by atoms with Gasteiger partial charge in [0.05, 0.1) is 21.4 Å². The van der Waals surface area contributed by atoms with Crippen LogP contribution in [-0.4, -0.2) is 10.9 Å². The van der Waals surface area contributed by atoms with Crippen LogP contribution in [0.5, 0.6) is 0 Å². The van der Waals surface area contributed by atoms with E-state index in [1.54, 1.807) is 23.5 Å². The van der Waals surface area contributed by atoms with Crippen molar-refractivity contribution in [1.29, 1.82) is 0 Å². The maximum Gasteiger partial charge on any atom is 0.224 e. The fourth-order valence-corrected chi connectivity index (χ4v) is 2.93. The van der Waals surface area contributed by atoms with Crippen LogP contribution in [0.15, 0.2) is 24.3 Å². The molecule has 0 aliphatic heterocycles. The number of carbonyl (C=O) groups excluding carboxylic acids is 1. The molecule has 0 unspecified atom stereocenters. The predicted octanol–water partition coefficient (Wildman–Crippen LogP) is 3.98. The lowest BCUT2D eigenvalue weighted by Crippen LogP contribution is -2.12. The number of halogens is 1. The minimum Gasteiger partial charge on any atom is -0.325 e. The third-order valence-electron chi connectivity index (χ3n) is 2.73. The summed E-state index contributed by atoms with van der Waals surface area (Å²) in [6.45, 7) is 3.95. The number of carbonyl (C=O) groups is 1. The van der Waals surface area contributed by atoms with E-state index in [9.17, 15) is 4.79 Å². The molecule has 100 valence electrons. The summed E-state index contributed by atoms with van der Waals surface area (Å²) in [7, 11) is 0. The smallest absolute Gasteiger partial charge is 0.224 e. The summed E-state index contributed by atoms with van der Waals surface area (Å²) in [6, 6.07) is 7.23. The van der Waals surface area contributed by atoms with Gasteiger partial charge in [-0.1, -0.05) is 23.7 Å². The second kappa shape index (κ2) is 6.17. The summed E-state index contributed by atoms with van der Waals surface area (Å²) in [6.07, 6.45) is 1.15. The van der Waals surface area contributed by atoms with E-state index in [1.807, 2.05) is 26.0 Å². The van der Waals surface area contributed by atoms with Gasteiger partial charge in [-0.05, 0) is 32.4 Å². The van der Waals surface area contributed by atoms with Crippen LogP contribution >= 0.6 is 22.9 Å². The molecule has 1 amide bonds. The van der Waals surface area contributed by atoms with Crippen LogP contribution in [0.3, 0.4) is 0 Å². The van der Waals surface area contributed by atoms with Crippen molar-refractivity contribution in [3.8, 4) is 0 Å². The molecule has 3 nitrogen and oxygen atoms in total. The second-order valence-electron chi connectivity index (χ2n) is 4.27. The number of hydrogen-bond donors (Lipinski definition) is 1. The summed E-state index contributed by atoms with van der Waals surface area (Å²) in [5.74, 6) is -0.0291. The van der Waals surface area contributed by atoms with Crippen LogP contribution < -0.4 is 5.32 Å². The molecule has 2 aromatic rings. The first-order chi connectivity index (χ1) is 9.06. The molecular formula is C14H15ClN2OS. The molecule has 0 bridgehead atoms. The Kier molecular flexibility index (Phi) is 4.56. The Morgan fingerprint density at radius 2 is 2.11 bits per heavy atom. The first-order valence-electron chi connectivity index (χ1n) is 6.03. The highest BCUT2D eigenvalue weighted by Crippen LogP contribution is 2.22. The maximum absolute atomic E-state index is 11.9. The fraction of sp³-hybridized carbons (Fsp3) is 0.286. The van der Waals surface area contributed by atoms with Crippen molar-refractivity contribution in [2.24, 2.45) is 0 Å². The van der Waals surface area contributed by atoms with Crippen molar-refractivity contribution in [3.05, 3.63) is 44.9 Å². The van der Waals surface area contributed by atoms with Crippen molar-refractivity contribution in [2.75, 3.05) is 5.32 Å². The number of aromatic nitrogens is 1. The third-order valence-corrected chi connectivity index (χ3v) is 4.19. The number of aryl methyl sites for hydroxylation is 3. The second-order valence-corrected chi connectivity index (χ2v) is 5.96. The lowest BCUT2D eigenvalue weighted by atomic mass is 10.2. The zero-order valence-electron chi connectivity index (χ0n) is 10.9. The van der Waals surface area contributed by atoms with Crippen molar-refractivity contribution in [1.82, 2.24) is 4.98 Å². The van der Waals surface area contributed by atoms with Gasteiger partial charge in [-0.25, -0.2) is 4.98 Å². The van der Waals surface area contributed by atoms with Crippen molar-refractivity contribution >= 4 is 34.5 Å². The van der Waals surface area contributed by atoms with Gasteiger partial charge in [0.2, 0.25) is 5.91 Å². The van der Waals surface area contributed by atoms with E-state index in [1.165, 1.54) is 4.88 Å². The number of amides is 1. The molecule has 0 saturated carbocycles. The van der Waals surface area contributed by atoms with E-state index in [4.69, 9.17) is 11.6 Å². The molecule has 1 heterocycles. The Hall–Kier alpha value is -1.39. The van der Waals surface area contributed by atoms with E-state index < -0.39 is 0 Å². The first kappa shape index (κ1) is 14.0. The van der Waals surface area contributed by atoms with Crippen molar-refractivity contribution in [2.45, 2.75) is 26.7 Å². The Balaban J connectivity index is 1.92. The standard InChI is InChI=1S/C14H15ClN2OS/c1-9-13(19-10(2)16-9)7-8-14(18)17-12-6-4-3-5-11(12)15/h3-6H,7-8H2,1-2H3,(H,17,18). The van der Waals surface area contributed by atoms with Crippen LogP contribution in [0.25, 0.3) is 0 Å². The quantitative estimate of drug-likeness (QED) is 0.926. The molecule has 0 saturated heterocycles. The Morgan fingerprint density at radius 3 is 2.74 bits per heavy atom. The third kappa shape index (κ3) is 3.78.